The second kappa shape index (κ2) is 5.60. The molecule has 3 rings (SSSR count). The van der Waals surface area contributed by atoms with Crippen LogP contribution < -0.4 is 10.6 Å². The number of carbonyl (C=O) groups excluding carboxylic acids is 1. The third-order valence-electron chi connectivity index (χ3n) is 3.91. The maximum Gasteiger partial charge on any atom is 0.255 e. The summed E-state index contributed by atoms with van der Waals surface area (Å²) in [6, 6.07) is 13.9. The molecule has 0 bridgehead atoms. The molecule has 3 nitrogen and oxygen atoms in total. The van der Waals surface area contributed by atoms with E-state index < -0.39 is 0 Å². The highest BCUT2D eigenvalue weighted by atomic mass is 16.1. The normalized spacial score (nSPS) is 12.9. The summed E-state index contributed by atoms with van der Waals surface area (Å²) >= 11 is 0. The Kier molecular flexibility index (Phi) is 3.65. The molecule has 0 aromatic heterocycles. The Morgan fingerprint density at radius 3 is 2.62 bits per heavy atom. The van der Waals surface area contributed by atoms with Gasteiger partial charge in [0, 0.05) is 23.5 Å². The number of benzene rings is 2. The summed E-state index contributed by atoms with van der Waals surface area (Å²) in [5, 5.41) is 6.26. The fourth-order valence-corrected chi connectivity index (χ4v) is 2.60. The van der Waals surface area contributed by atoms with Crippen LogP contribution in [0.3, 0.4) is 0 Å². The summed E-state index contributed by atoms with van der Waals surface area (Å²) in [6.07, 6.45) is 0.986. The third-order valence-corrected chi connectivity index (χ3v) is 3.91. The van der Waals surface area contributed by atoms with E-state index in [4.69, 9.17) is 0 Å². The first kappa shape index (κ1) is 13.7. The zero-order chi connectivity index (χ0) is 14.8. The predicted molar refractivity (Wildman–Crippen MR) is 87.1 cm³/mol. The zero-order valence-corrected chi connectivity index (χ0v) is 12.4. The van der Waals surface area contributed by atoms with Crippen molar-refractivity contribution in [3.63, 3.8) is 0 Å². The van der Waals surface area contributed by atoms with Crippen LogP contribution in [0.25, 0.3) is 0 Å². The monoisotopic (exact) mass is 280 g/mol. The number of anilines is 2. The Bertz CT molecular complexity index is 659. The topological polar surface area (TPSA) is 41.1 Å². The van der Waals surface area contributed by atoms with Gasteiger partial charge in [0.2, 0.25) is 0 Å². The largest absolute Gasteiger partial charge is 0.384 e. The number of nitrogens with one attached hydrogen (secondary N) is 2. The van der Waals surface area contributed by atoms with Gasteiger partial charge in [-0.3, -0.25) is 4.79 Å². The molecule has 0 saturated heterocycles. The summed E-state index contributed by atoms with van der Waals surface area (Å²) in [5.41, 5.74) is 5.19. The van der Waals surface area contributed by atoms with Crippen LogP contribution in [0.15, 0.2) is 42.5 Å². The van der Waals surface area contributed by atoms with Gasteiger partial charge < -0.3 is 10.6 Å². The van der Waals surface area contributed by atoms with Gasteiger partial charge in [-0.2, -0.15) is 0 Å². The highest BCUT2D eigenvalue weighted by molar-refractivity contribution is 6.04. The van der Waals surface area contributed by atoms with Crippen molar-refractivity contribution in [2.45, 2.75) is 26.2 Å². The van der Waals surface area contributed by atoms with Crippen LogP contribution in [0.5, 0.6) is 0 Å². The molecule has 0 aliphatic carbocycles. The van der Waals surface area contributed by atoms with Crippen molar-refractivity contribution >= 4 is 17.3 Å². The van der Waals surface area contributed by atoms with Crippen molar-refractivity contribution in [2.75, 3.05) is 17.2 Å². The van der Waals surface area contributed by atoms with Gasteiger partial charge >= 0.3 is 0 Å². The maximum atomic E-state index is 12.3. The summed E-state index contributed by atoms with van der Waals surface area (Å²) in [6.45, 7) is 5.27. The number of hydrogen-bond acceptors (Lipinski definition) is 2. The van der Waals surface area contributed by atoms with Gasteiger partial charge in [-0.25, -0.2) is 0 Å². The first-order valence-electron chi connectivity index (χ1n) is 7.41. The molecule has 2 N–H and O–H groups in total. The van der Waals surface area contributed by atoms with Gasteiger partial charge in [-0.05, 0) is 53.8 Å². The van der Waals surface area contributed by atoms with E-state index in [1.807, 2.05) is 30.3 Å². The maximum absolute atomic E-state index is 12.3. The molecule has 0 radical (unpaired) electrons. The van der Waals surface area contributed by atoms with E-state index in [0.29, 0.717) is 11.5 Å². The molecule has 1 aliphatic heterocycles. The Morgan fingerprint density at radius 2 is 1.90 bits per heavy atom. The van der Waals surface area contributed by atoms with Crippen molar-refractivity contribution in [3.05, 3.63) is 59.2 Å². The van der Waals surface area contributed by atoms with E-state index in [9.17, 15) is 4.79 Å². The predicted octanol–water partition coefficient (Wildman–Crippen LogP) is 4.03. The lowest BCUT2D eigenvalue weighted by atomic mass is 10.0. The highest BCUT2D eigenvalue weighted by Crippen LogP contribution is 2.24. The van der Waals surface area contributed by atoms with Crippen molar-refractivity contribution in [1.29, 1.82) is 0 Å². The van der Waals surface area contributed by atoms with E-state index in [1.165, 1.54) is 11.1 Å². The van der Waals surface area contributed by atoms with E-state index in [-0.39, 0.29) is 5.91 Å². The lowest BCUT2D eigenvalue weighted by molar-refractivity contribution is 0.102. The Hall–Kier alpha value is -2.29. The average Bonchev–Trinajstić information content (AvgIpc) is 2.95. The quantitative estimate of drug-likeness (QED) is 0.891. The van der Waals surface area contributed by atoms with Crippen molar-refractivity contribution < 1.29 is 4.79 Å². The van der Waals surface area contributed by atoms with Gasteiger partial charge in [0.05, 0.1) is 0 Å². The van der Waals surface area contributed by atoms with Crippen molar-refractivity contribution in [2.24, 2.45) is 0 Å². The Balaban J connectivity index is 1.74. The number of fused-ring (bicyclic) bond motifs is 1. The fraction of sp³-hybridized carbons (Fsp3) is 0.278. The minimum atomic E-state index is -0.0537. The number of hydrogen-bond donors (Lipinski definition) is 2. The lowest BCUT2D eigenvalue weighted by Gasteiger charge is -2.09. The third kappa shape index (κ3) is 2.92. The number of carbonyl (C=O) groups is 1. The van der Waals surface area contributed by atoms with Crippen LogP contribution >= 0.6 is 0 Å². The minimum Gasteiger partial charge on any atom is -0.384 e. The summed E-state index contributed by atoms with van der Waals surface area (Å²) in [7, 11) is 0. The SMILES string of the molecule is CC(C)c1ccc(NC(=O)c2ccc3c(c2)CCN3)cc1. The number of rotatable bonds is 3. The number of amides is 1. The van der Waals surface area contributed by atoms with Crippen LogP contribution in [-0.4, -0.2) is 12.5 Å². The molecule has 2 aromatic carbocycles. The minimum absolute atomic E-state index is 0.0537. The van der Waals surface area contributed by atoms with Gasteiger partial charge in [0.15, 0.2) is 0 Å². The fourth-order valence-electron chi connectivity index (χ4n) is 2.60. The highest BCUT2D eigenvalue weighted by Gasteiger charge is 2.13. The molecule has 0 atom stereocenters. The van der Waals surface area contributed by atoms with E-state index in [2.05, 4.69) is 36.6 Å². The van der Waals surface area contributed by atoms with Crippen LogP contribution in [0.2, 0.25) is 0 Å². The summed E-state index contributed by atoms with van der Waals surface area (Å²) in [4.78, 5) is 12.3. The molecule has 1 amide bonds. The molecule has 108 valence electrons. The first-order chi connectivity index (χ1) is 10.1. The van der Waals surface area contributed by atoms with E-state index in [0.717, 1.165) is 24.3 Å². The molecule has 0 unspecified atom stereocenters. The first-order valence-corrected chi connectivity index (χ1v) is 7.41. The summed E-state index contributed by atoms with van der Waals surface area (Å²) < 4.78 is 0. The van der Waals surface area contributed by atoms with Crippen LogP contribution in [0.1, 0.15) is 41.3 Å². The lowest BCUT2D eigenvalue weighted by Crippen LogP contribution is -2.12. The second-order valence-electron chi connectivity index (χ2n) is 5.78. The smallest absolute Gasteiger partial charge is 0.255 e. The molecule has 2 aromatic rings. The molecule has 1 aliphatic rings. The molecular formula is C18H20N2O. The molecular weight excluding hydrogens is 260 g/mol. The average molecular weight is 280 g/mol. The molecule has 1 heterocycles. The Morgan fingerprint density at radius 1 is 1.14 bits per heavy atom. The molecule has 0 fully saturated rings. The van der Waals surface area contributed by atoms with E-state index >= 15 is 0 Å². The van der Waals surface area contributed by atoms with Gasteiger partial charge in [-0.1, -0.05) is 26.0 Å². The molecule has 0 spiro atoms. The van der Waals surface area contributed by atoms with Crippen LogP contribution in [0.4, 0.5) is 11.4 Å². The van der Waals surface area contributed by atoms with Gasteiger partial charge in [0.25, 0.3) is 5.91 Å². The standard InChI is InChI=1S/C18H20N2O/c1-12(2)13-3-6-16(7-4-13)20-18(21)15-5-8-17-14(11-15)9-10-19-17/h3-8,11-12,19H,9-10H2,1-2H3,(H,20,21). The van der Waals surface area contributed by atoms with Gasteiger partial charge in [0.1, 0.15) is 0 Å². The Labute approximate surface area is 125 Å². The van der Waals surface area contributed by atoms with Crippen LogP contribution in [0, 0.1) is 0 Å². The van der Waals surface area contributed by atoms with Crippen molar-refractivity contribution in [1.82, 2.24) is 0 Å². The van der Waals surface area contributed by atoms with E-state index in [1.54, 1.807) is 0 Å². The second-order valence-corrected chi connectivity index (χ2v) is 5.78. The molecule has 21 heavy (non-hydrogen) atoms. The zero-order valence-electron chi connectivity index (χ0n) is 12.4. The molecule has 0 saturated carbocycles. The van der Waals surface area contributed by atoms with Crippen LogP contribution in [-0.2, 0) is 6.42 Å². The van der Waals surface area contributed by atoms with Crippen molar-refractivity contribution in [3.8, 4) is 0 Å². The van der Waals surface area contributed by atoms with Gasteiger partial charge in [-0.15, -0.1) is 0 Å². The molecule has 3 heteroatoms. The summed E-state index contributed by atoms with van der Waals surface area (Å²) in [5.74, 6) is 0.445.